The molecule has 2 aromatic carbocycles. The van der Waals surface area contributed by atoms with E-state index in [1.165, 1.54) is 18.2 Å². The molecule has 2 heterocycles. The number of amides is 1. The van der Waals surface area contributed by atoms with Crippen molar-refractivity contribution < 1.29 is 9.72 Å². The molecule has 146 valence electrons. The molecule has 0 aliphatic carbocycles. The number of carbonyl (C=O) groups excluding carboxylic acids is 1. The van der Waals surface area contributed by atoms with Crippen LogP contribution in [0.15, 0.2) is 54.6 Å². The number of nitro benzene ring substituents is 1. The number of aromatic amines is 1. The lowest BCUT2D eigenvalue weighted by atomic mass is 10.0. The van der Waals surface area contributed by atoms with Crippen LogP contribution in [0.1, 0.15) is 16.8 Å². The first-order chi connectivity index (χ1) is 14.0. The van der Waals surface area contributed by atoms with Gasteiger partial charge in [-0.1, -0.05) is 23.7 Å². The minimum absolute atomic E-state index is 0.0201. The Kier molecular flexibility index (Phi) is 5.14. The number of nitrogens with zero attached hydrogens (tertiary/aromatic N) is 3. The van der Waals surface area contributed by atoms with Crippen LogP contribution in [0.2, 0.25) is 5.02 Å². The molecule has 0 unspecified atom stereocenters. The van der Waals surface area contributed by atoms with Gasteiger partial charge in [0.2, 0.25) is 5.91 Å². The smallest absolute Gasteiger partial charge is 0.269 e. The molecule has 0 saturated heterocycles. The monoisotopic (exact) mass is 408 g/mol. The summed E-state index contributed by atoms with van der Waals surface area (Å²) in [4.78, 5) is 24.7. The van der Waals surface area contributed by atoms with Crippen LogP contribution < -0.4 is 0 Å². The summed E-state index contributed by atoms with van der Waals surface area (Å²) < 4.78 is 0. The van der Waals surface area contributed by atoms with Crippen molar-refractivity contribution in [1.82, 2.24) is 15.1 Å². The topological polar surface area (TPSA) is 92.1 Å². The van der Waals surface area contributed by atoms with Crippen molar-refractivity contribution >= 4 is 29.3 Å². The molecule has 0 saturated carbocycles. The fraction of sp³-hybridized carbons (Fsp3) is 0.143. The minimum Gasteiger partial charge on any atom is -0.334 e. The molecular weight excluding hydrogens is 392 g/mol. The Hall–Kier alpha value is -3.45. The van der Waals surface area contributed by atoms with E-state index in [-0.39, 0.29) is 11.6 Å². The maximum atomic E-state index is 12.7. The molecule has 0 bridgehead atoms. The largest absolute Gasteiger partial charge is 0.334 e. The van der Waals surface area contributed by atoms with Gasteiger partial charge < -0.3 is 4.90 Å². The number of aromatic nitrogens is 2. The van der Waals surface area contributed by atoms with Gasteiger partial charge in [0.15, 0.2) is 0 Å². The number of hydrogen-bond donors (Lipinski definition) is 1. The average molecular weight is 409 g/mol. The van der Waals surface area contributed by atoms with Crippen molar-refractivity contribution in [2.45, 2.75) is 13.0 Å². The van der Waals surface area contributed by atoms with E-state index in [1.54, 1.807) is 23.1 Å². The zero-order valence-electron chi connectivity index (χ0n) is 15.3. The molecule has 29 heavy (non-hydrogen) atoms. The van der Waals surface area contributed by atoms with Gasteiger partial charge in [0.05, 0.1) is 10.6 Å². The highest BCUT2D eigenvalue weighted by Crippen LogP contribution is 2.29. The number of nitrogens with one attached hydrogen (secondary N) is 1. The molecule has 8 heteroatoms. The summed E-state index contributed by atoms with van der Waals surface area (Å²) >= 11 is 5.97. The lowest BCUT2D eigenvalue weighted by Gasteiger charge is -2.26. The summed E-state index contributed by atoms with van der Waals surface area (Å²) in [6.07, 6.45) is 3.86. The molecular formula is C21H17ClN4O3. The number of fused-ring (bicyclic) bond motifs is 1. The third-order valence-corrected chi connectivity index (χ3v) is 5.14. The van der Waals surface area contributed by atoms with Gasteiger partial charge in [-0.05, 0) is 35.9 Å². The van der Waals surface area contributed by atoms with E-state index >= 15 is 0 Å². The Morgan fingerprint density at radius 1 is 1.17 bits per heavy atom. The Bertz CT molecular complexity index is 1090. The summed E-state index contributed by atoms with van der Waals surface area (Å²) in [5, 5.41) is 18.9. The van der Waals surface area contributed by atoms with E-state index in [4.69, 9.17) is 11.6 Å². The van der Waals surface area contributed by atoms with Crippen LogP contribution >= 0.6 is 11.6 Å². The Balaban J connectivity index is 1.49. The third-order valence-electron chi connectivity index (χ3n) is 4.89. The van der Waals surface area contributed by atoms with E-state index in [0.29, 0.717) is 24.5 Å². The number of benzene rings is 2. The number of hydrogen-bond acceptors (Lipinski definition) is 4. The van der Waals surface area contributed by atoms with Gasteiger partial charge in [-0.2, -0.15) is 5.10 Å². The molecule has 1 amide bonds. The number of halogens is 1. The standard InChI is InChI=1S/C21H17ClN4O3/c22-16-6-4-15(5-7-16)21-18-13-25(12-11-19(18)23-24-21)20(27)10-3-14-1-8-17(9-2-14)26(28)29/h1-10H,11-13H2,(H,23,24)/b10-3+. The predicted octanol–water partition coefficient (Wildman–Crippen LogP) is 4.24. The van der Waals surface area contributed by atoms with Crippen LogP contribution in [0.3, 0.4) is 0 Å². The third kappa shape index (κ3) is 4.05. The van der Waals surface area contributed by atoms with Crippen LogP contribution in [0.25, 0.3) is 17.3 Å². The second-order valence-electron chi connectivity index (χ2n) is 6.73. The van der Waals surface area contributed by atoms with E-state index in [2.05, 4.69) is 10.2 Å². The van der Waals surface area contributed by atoms with Gasteiger partial charge in [-0.3, -0.25) is 20.0 Å². The van der Waals surface area contributed by atoms with Gasteiger partial charge >= 0.3 is 0 Å². The molecule has 3 aromatic rings. The fourth-order valence-corrected chi connectivity index (χ4v) is 3.44. The van der Waals surface area contributed by atoms with Gasteiger partial charge in [-0.15, -0.1) is 0 Å². The van der Waals surface area contributed by atoms with Crippen LogP contribution in [0.5, 0.6) is 0 Å². The number of carbonyl (C=O) groups is 1. The first kappa shape index (κ1) is 18.9. The second kappa shape index (κ2) is 7.89. The summed E-state index contributed by atoms with van der Waals surface area (Å²) in [7, 11) is 0. The highest BCUT2D eigenvalue weighted by molar-refractivity contribution is 6.30. The van der Waals surface area contributed by atoms with E-state index < -0.39 is 4.92 Å². The normalized spacial score (nSPS) is 13.5. The van der Waals surface area contributed by atoms with Gasteiger partial charge in [0, 0.05) is 59.6 Å². The molecule has 0 spiro atoms. The fourth-order valence-electron chi connectivity index (χ4n) is 3.31. The van der Waals surface area contributed by atoms with Crippen molar-refractivity contribution in [3.05, 3.63) is 86.6 Å². The molecule has 1 aromatic heterocycles. The molecule has 1 aliphatic rings. The molecule has 1 aliphatic heterocycles. The average Bonchev–Trinajstić information content (AvgIpc) is 3.16. The van der Waals surface area contributed by atoms with Crippen molar-refractivity contribution in [3.8, 4) is 11.3 Å². The predicted molar refractivity (Wildman–Crippen MR) is 110 cm³/mol. The van der Waals surface area contributed by atoms with Crippen LogP contribution in [0.4, 0.5) is 5.69 Å². The van der Waals surface area contributed by atoms with Crippen molar-refractivity contribution in [1.29, 1.82) is 0 Å². The first-order valence-electron chi connectivity index (χ1n) is 9.05. The Morgan fingerprint density at radius 2 is 1.90 bits per heavy atom. The van der Waals surface area contributed by atoms with Gasteiger partial charge in [-0.25, -0.2) is 0 Å². The van der Waals surface area contributed by atoms with Crippen LogP contribution in [-0.2, 0) is 17.8 Å². The SMILES string of the molecule is O=C(/C=C/c1ccc([N+](=O)[O-])cc1)N1CCc2[nH]nc(-c3ccc(Cl)cc3)c2C1. The highest BCUT2D eigenvalue weighted by atomic mass is 35.5. The van der Waals surface area contributed by atoms with Crippen molar-refractivity contribution in [3.63, 3.8) is 0 Å². The van der Waals surface area contributed by atoms with E-state index in [0.717, 1.165) is 28.1 Å². The number of nitro groups is 1. The van der Waals surface area contributed by atoms with Crippen LogP contribution in [-0.4, -0.2) is 32.5 Å². The summed E-state index contributed by atoms with van der Waals surface area (Å²) in [6, 6.07) is 13.5. The number of rotatable bonds is 4. The zero-order valence-corrected chi connectivity index (χ0v) is 16.1. The Morgan fingerprint density at radius 3 is 2.59 bits per heavy atom. The van der Waals surface area contributed by atoms with E-state index in [9.17, 15) is 14.9 Å². The zero-order chi connectivity index (χ0) is 20.4. The molecule has 0 fully saturated rings. The first-order valence-corrected chi connectivity index (χ1v) is 9.42. The number of H-pyrrole nitrogens is 1. The second-order valence-corrected chi connectivity index (χ2v) is 7.16. The molecule has 7 nitrogen and oxygen atoms in total. The number of non-ortho nitro benzene ring substituents is 1. The van der Waals surface area contributed by atoms with Gasteiger partial charge in [0.1, 0.15) is 0 Å². The highest BCUT2D eigenvalue weighted by Gasteiger charge is 2.24. The van der Waals surface area contributed by atoms with E-state index in [1.807, 2.05) is 24.3 Å². The summed E-state index contributed by atoms with van der Waals surface area (Å²) in [5.74, 6) is -0.114. The summed E-state index contributed by atoms with van der Waals surface area (Å²) in [5.41, 5.74) is 4.57. The van der Waals surface area contributed by atoms with Crippen molar-refractivity contribution in [2.75, 3.05) is 6.54 Å². The maximum absolute atomic E-state index is 12.7. The van der Waals surface area contributed by atoms with Crippen molar-refractivity contribution in [2.24, 2.45) is 0 Å². The minimum atomic E-state index is -0.451. The molecule has 0 radical (unpaired) electrons. The van der Waals surface area contributed by atoms with Gasteiger partial charge in [0.25, 0.3) is 5.69 Å². The Labute approximate surface area is 171 Å². The molecule has 4 rings (SSSR count). The lowest BCUT2D eigenvalue weighted by molar-refractivity contribution is -0.384. The molecule has 0 atom stereocenters. The molecule has 1 N–H and O–H groups in total. The maximum Gasteiger partial charge on any atom is 0.269 e. The lowest BCUT2D eigenvalue weighted by Crippen LogP contribution is -2.34. The van der Waals surface area contributed by atoms with Crippen LogP contribution in [0, 0.1) is 10.1 Å². The quantitative estimate of drug-likeness (QED) is 0.397. The summed E-state index contributed by atoms with van der Waals surface area (Å²) in [6.45, 7) is 1.06.